The predicted octanol–water partition coefficient (Wildman–Crippen LogP) is 3.55. The molecule has 0 N–H and O–H groups in total. The normalized spacial score (nSPS) is 17.0. The second kappa shape index (κ2) is 8.40. The maximum atomic E-state index is 12.0. The molecule has 1 heterocycles. The Hall–Kier alpha value is -1.90. The molecule has 1 aromatic carbocycles. The summed E-state index contributed by atoms with van der Waals surface area (Å²) in [6.07, 6.45) is 5.96. The minimum Gasteiger partial charge on any atom is -0.339 e. The molecule has 0 radical (unpaired) electrons. The van der Waals surface area contributed by atoms with Crippen LogP contribution in [0.3, 0.4) is 0 Å². The Morgan fingerprint density at radius 1 is 1.14 bits per heavy atom. The van der Waals surface area contributed by atoms with Crippen LogP contribution >= 0.6 is 0 Å². The first-order valence-corrected chi connectivity index (χ1v) is 7.61. The van der Waals surface area contributed by atoms with E-state index in [4.69, 9.17) is 0 Å². The van der Waals surface area contributed by atoms with Gasteiger partial charge in [0.2, 0.25) is 5.91 Å². The summed E-state index contributed by atoms with van der Waals surface area (Å²) in [4.78, 5) is 24.8. The van der Waals surface area contributed by atoms with Crippen molar-refractivity contribution in [3.05, 3.63) is 42.0 Å². The van der Waals surface area contributed by atoms with E-state index in [9.17, 15) is 9.59 Å². The van der Waals surface area contributed by atoms with E-state index in [2.05, 4.69) is 0 Å². The standard InChI is InChI=1S/C16H19NO2.C2H6/c1-16(13-18)9-11-17(12-10-16)15(19)8-7-14-5-3-2-4-6-14;1-2/h2-8,13H,9-12H2,1H3;1-2H3/b8-7+;. The summed E-state index contributed by atoms with van der Waals surface area (Å²) >= 11 is 0. The Morgan fingerprint density at radius 3 is 2.24 bits per heavy atom. The van der Waals surface area contributed by atoms with Crippen molar-refractivity contribution in [2.24, 2.45) is 5.41 Å². The number of carbonyl (C=O) groups is 2. The zero-order valence-electron chi connectivity index (χ0n) is 13.2. The lowest BCUT2D eigenvalue weighted by molar-refractivity contribution is -0.130. The number of likely N-dealkylation sites (tertiary alicyclic amines) is 1. The number of nitrogens with zero attached hydrogens (tertiary/aromatic N) is 1. The number of carbonyl (C=O) groups excluding carboxylic acids is 2. The number of hydrogen-bond donors (Lipinski definition) is 0. The van der Waals surface area contributed by atoms with Gasteiger partial charge in [-0.05, 0) is 24.5 Å². The van der Waals surface area contributed by atoms with Gasteiger partial charge in [0.1, 0.15) is 6.29 Å². The van der Waals surface area contributed by atoms with Gasteiger partial charge in [0, 0.05) is 24.6 Å². The average molecular weight is 287 g/mol. The monoisotopic (exact) mass is 287 g/mol. The molecule has 2 rings (SSSR count). The zero-order valence-corrected chi connectivity index (χ0v) is 13.2. The van der Waals surface area contributed by atoms with E-state index >= 15 is 0 Å². The molecule has 1 aliphatic rings. The molecule has 114 valence electrons. The number of rotatable bonds is 3. The first-order valence-electron chi connectivity index (χ1n) is 7.61. The van der Waals surface area contributed by atoms with Gasteiger partial charge in [0.15, 0.2) is 0 Å². The van der Waals surface area contributed by atoms with Crippen LogP contribution in [0.4, 0.5) is 0 Å². The van der Waals surface area contributed by atoms with Gasteiger partial charge in [0.25, 0.3) is 0 Å². The predicted molar refractivity (Wildman–Crippen MR) is 86.8 cm³/mol. The van der Waals surface area contributed by atoms with Gasteiger partial charge >= 0.3 is 0 Å². The van der Waals surface area contributed by atoms with Crippen LogP contribution in [-0.4, -0.2) is 30.2 Å². The summed E-state index contributed by atoms with van der Waals surface area (Å²) in [7, 11) is 0. The van der Waals surface area contributed by atoms with Crippen molar-refractivity contribution >= 4 is 18.3 Å². The number of benzene rings is 1. The number of amides is 1. The number of hydrogen-bond acceptors (Lipinski definition) is 2. The van der Waals surface area contributed by atoms with E-state index in [-0.39, 0.29) is 11.3 Å². The third kappa shape index (κ3) is 5.18. The summed E-state index contributed by atoms with van der Waals surface area (Å²) in [6, 6.07) is 9.76. The first-order chi connectivity index (χ1) is 10.1. The molecule has 1 saturated heterocycles. The second-order valence-corrected chi connectivity index (χ2v) is 5.34. The lowest BCUT2D eigenvalue weighted by Crippen LogP contribution is -2.42. The Bertz CT molecular complexity index is 471. The SMILES string of the molecule is CC.CC1(C=O)CCN(C(=O)/C=C/c2ccccc2)CC1. The molecule has 1 aliphatic heterocycles. The summed E-state index contributed by atoms with van der Waals surface area (Å²) < 4.78 is 0. The van der Waals surface area contributed by atoms with Crippen LogP contribution in [-0.2, 0) is 9.59 Å². The smallest absolute Gasteiger partial charge is 0.246 e. The molecular formula is C18H25NO2. The lowest BCUT2D eigenvalue weighted by Gasteiger charge is -2.35. The maximum absolute atomic E-state index is 12.0. The van der Waals surface area contributed by atoms with Gasteiger partial charge in [-0.15, -0.1) is 0 Å². The van der Waals surface area contributed by atoms with Crippen LogP contribution in [0.1, 0.15) is 39.2 Å². The van der Waals surface area contributed by atoms with E-state index in [0.29, 0.717) is 13.1 Å². The van der Waals surface area contributed by atoms with E-state index in [1.807, 2.05) is 62.1 Å². The average Bonchev–Trinajstić information content (AvgIpc) is 2.56. The second-order valence-electron chi connectivity index (χ2n) is 5.34. The fraction of sp³-hybridized carbons (Fsp3) is 0.444. The van der Waals surface area contributed by atoms with Crippen LogP contribution in [0.2, 0.25) is 0 Å². The van der Waals surface area contributed by atoms with Gasteiger partial charge in [-0.1, -0.05) is 51.1 Å². The molecule has 0 saturated carbocycles. The number of aldehydes is 1. The summed E-state index contributed by atoms with van der Waals surface area (Å²) in [5.74, 6) is 0.0248. The third-order valence-electron chi connectivity index (χ3n) is 3.72. The van der Waals surface area contributed by atoms with E-state index in [0.717, 1.165) is 24.7 Å². The van der Waals surface area contributed by atoms with Crippen molar-refractivity contribution in [2.75, 3.05) is 13.1 Å². The van der Waals surface area contributed by atoms with Crippen molar-refractivity contribution in [1.82, 2.24) is 4.90 Å². The number of piperidine rings is 1. The van der Waals surface area contributed by atoms with Gasteiger partial charge < -0.3 is 9.69 Å². The zero-order chi connectivity index (χ0) is 15.7. The quantitative estimate of drug-likeness (QED) is 0.630. The van der Waals surface area contributed by atoms with Crippen molar-refractivity contribution in [1.29, 1.82) is 0 Å². The molecule has 0 aliphatic carbocycles. The van der Waals surface area contributed by atoms with Crippen molar-refractivity contribution < 1.29 is 9.59 Å². The van der Waals surface area contributed by atoms with Crippen LogP contribution in [0, 0.1) is 5.41 Å². The molecular weight excluding hydrogens is 262 g/mol. The van der Waals surface area contributed by atoms with Crippen molar-refractivity contribution in [3.8, 4) is 0 Å². The highest BCUT2D eigenvalue weighted by Crippen LogP contribution is 2.28. The highest BCUT2D eigenvalue weighted by molar-refractivity contribution is 5.91. The molecule has 0 atom stereocenters. The molecule has 21 heavy (non-hydrogen) atoms. The lowest BCUT2D eigenvalue weighted by atomic mass is 9.82. The molecule has 3 heteroatoms. The van der Waals surface area contributed by atoms with Crippen LogP contribution in [0.15, 0.2) is 36.4 Å². The Morgan fingerprint density at radius 2 is 1.71 bits per heavy atom. The third-order valence-corrected chi connectivity index (χ3v) is 3.72. The van der Waals surface area contributed by atoms with E-state index in [1.54, 1.807) is 6.08 Å². The maximum Gasteiger partial charge on any atom is 0.246 e. The van der Waals surface area contributed by atoms with Crippen molar-refractivity contribution in [3.63, 3.8) is 0 Å². The van der Waals surface area contributed by atoms with E-state index < -0.39 is 0 Å². The molecule has 0 unspecified atom stereocenters. The Labute approximate surface area is 127 Å². The van der Waals surface area contributed by atoms with Gasteiger partial charge in [-0.25, -0.2) is 0 Å². The highest BCUT2D eigenvalue weighted by atomic mass is 16.2. The topological polar surface area (TPSA) is 37.4 Å². The molecule has 0 aromatic heterocycles. The van der Waals surface area contributed by atoms with Crippen molar-refractivity contribution in [2.45, 2.75) is 33.6 Å². The molecule has 1 amide bonds. The Kier molecular flexibility index (Phi) is 6.86. The van der Waals surface area contributed by atoms with E-state index in [1.165, 1.54) is 0 Å². The van der Waals surface area contributed by atoms with Crippen LogP contribution in [0.25, 0.3) is 6.08 Å². The van der Waals surface area contributed by atoms with Gasteiger partial charge in [-0.3, -0.25) is 4.79 Å². The Balaban J connectivity index is 0.00000106. The minimum absolute atomic E-state index is 0.0248. The fourth-order valence-corrected chi connectivity index (χ4v) is 2.19. The highest BCUT2D eigenvalue weighted by Gasteiger charge is 2.30. The fourth-order valence-electron chi connectivity index (χ4n) is 2.19. The van der Waals surface area contributed by atoms with Gasteiger partial charge in [-0.2, -0.15) is 0 Å². The summed E-state index contributed by atoms with van der Waals surface area (Å²) in [5, 5.41) is 0. The summed E-state index contributed by atoms with van der Waals surface area (Å²) in [6.45, 7) is 7.28. The van der Waals surface area contributed by atoms with Gasteiger partial charge in [0.05, 0.1) is 0 Å². The van der Waals surface area contributed by atoms with Crippen LogP contribution in [0.5, 0.6) is 0 Å². The largest absolute Gasteiger partial charge is 0.339 e. The summed E-state index contributed by atoms with van der Waals surface area (Å²) in [5.41, 5.74) is 0.769. The van der Waals surface area contributed by atoms with Crippen LogP contribution < -0.4 is 0 Å². The molecule has 0 bridgehead atoms. The molecule has 1 aromatic rings. The minimum atomic E-state index is -0.250. The molecule has 3 nitrogen and oxygen atoms in total. The first kappa shape index (κ1) is 17.2. The molecule has 0 spiro atoms. The molecule has 1 fully saturated rings.